The van der Waals surface area contributed by atoms with Gasteiger partial charge in [-0.2, -0.15) is 0 Å². The molecule has 0 atom stereocenters. The number of amides is 2. The van der Waals surface area contributed by atoms with Gasteiger partial charge in [-0.15, -0.1) is 11.8 Å². The maximum atomic E-state index is 12.5. The van der Waals surface area contributed by atoms with Crippen molar-refractivity contribution in [3.63, 3.8) is 0 Å². The van der Waals surface area contributed by atoms with E-state index in [1.54, 1.807) is 24.3 Å². The number of carbonyl (C=O) groups excluding carboxylic acids is 3. The van der Waals surface area contributed by atoms with Crippen LogP contribution in [0.15, 0.2) is 60.0 Å². The van der Waals surface area contributed by atoms with E-state index in [2.05, 4.69) is 5.32 Å². The molecule has 0 aliphatic carbocycles. The molecule has 29 heavy (non-hydrogen) atoms. The fourth-order valence-electron chi connectivity index (χ4n) is 2.79. The second-order valence-corrected chi connectivity index (χ2v) is 7.28. The van der Waals surface area contributed by atoms with Crippen molar-refractivity contribution in [2.45, 2.75) is 13.3 Å². The van der Waals surface area contributed by atoms with Crippen LogP contribution >= 0.6 is 11.8 Å². The maximum Gasteiger partial charge on any atom is 0.338 e. The Hall–Kier alpha value is -3.06. The first-order chi connectivity index (χ1) is 14.1. The molecule has 0 aromatic heterocycles. The zero-order valence-corrected chi connectivity index (χ0v) is 16.9. The number of ether oxygens (including phenoxy) is 1. The van der Waals surface area contributed by atoms with E-state index < -0.39 is 5.97 Å². The molecule has 1 N–H and O–H groups in total. The minimum absolute atomic E-state index is 0.0829. The highest BCUT2D eigenvalue weighted by molar-refractivity contribution is 8.03. The third-order valence-electron chi connectivity index (χ3n) is 4.21. The number of rotatable bonds is 7. The van der Waals surface area contributed by atoms with Gasteiger partial charge < -0.3 is 15.0 Å². The van der Waals surface area contributed by atoms with Crippen molar-refractivity contribution in [1.82, 2.24) is 4.90 Å². The van der Waals surface area contributed by atoms with Crippen molar-refractivity contribution in [3.8, 4) is 0 Å². The van der Waals surface area contributed by atoms with E-state index in [4.69, 9.17) is 4.74 Å². The largest absolute Gasteiger partial charge is 0.462 e. The van der Waals surface area contributed by atoms with Crippen LogP contribution in [0.25, 0.3) is 5.70 Å². The lowest BCUT2D eigenvalue weighted by Gasteiger charge is -2.28. The fraction of sp³-hybridized carbons (Fsp3) is 0.227. The van der Waals surface area contributed by atoms with Crippen molar-refractivity contribution in [3.05, 3.63) is 71.1 Å². The Balaban J connectivity index is 1.65. The summed E-state index contributed by atoms with van der Waals surface area (Å²) in [7, 11) is 0. The van der Waals surface area contributed by atoms with Gasteiger partial charge in [-0.05, 0) is 41.7 Å². The molecule has 7 heteroatoms. The molecule has 0 radical (unpaired) electrons. The fourth-order valence-corrected chi connectivity index (χ4v) is 3.59. The van der Waals surface area contributed by atoms with Crippen LogP contribution in [0.5, 0.6) is 0 Å². The Labute approximate surface area is 173 Å². The number of anilines is 1. The molecule has 0 fully saturated rings. The van der Waals surface area contributed by atoms with Gasteiger partial charge in [0.05, 0.1) is 23.6 Å². The van der Waals surface area contributed by atoms with Gasteiger partial charge in [-0.25, -0.2) is 4.79 Å². The van der Waals surface area contributed by atoms with Crippen molar-refractivity contribution in [1.29, 1.82) is 0 Å². The lowest BCUT2D eigenvalue weighted by Crippen LogP contribution is -2.39. The Bertz CT molecular complexity index is 910. The van der Waals surface area contributed by atoms with E-state index >= 15 is 0 Å². The number of benzene rings is 2. The van der Waals surface area contributed by atoms with Crippen LogP contribution in [0.1, 0.15) is 29.3 Å². The Morgan fingerprint density at radius 3 is 2.52 bits per heavy atom. The molecular weight excluding hydrogens is 388 g/mol. The standard InChI is InChI=1S/C22H22N2O4S/c1-2-12-28-22(27)17-8-10-18(11-9-17)23-20(25)13-24-19(14-29-15-21(24)26)16-6-4-3-5-7-16/h3-11,14H,2,12-13,15H2,1H3,(H,23,25). The summed E-state index contributed by atoms with van der Waals surface area (Å²) in [5, 5.41) is 4.68. The van der Waals surface area contributed by atoms with Crippen LogP contribution in [0.4, 0.5) is 5.69 Å². The molecular formula is C22H22N2O4S. The van der Waals surface area contributed by atoms with Crippen LogP contribution < -0.4 is 5.32 Å². The molecule has 2 aromatic carbocycles. The van der Waals surface area contributed by atoms with E-state index in [1.807, 2.05) is 42.7 Å². The first kappa shape index (κ1) is 20.7. The predicted octanol–water partition coefficient (Wildman–Crippen LogP) is 3.77. The first-order valence-corrected chi connectivity index (χ1v) is 10.4. The molecule has 0 saturated heterocycles. The minimum atomic E-state index is -0.390. The highest BCUT2D eigenvalue weighted by Crippen LogP contribution is 2.28. The highest BCUT2D eigenvalue weighted by atomic mass is 32.2. The summed E-state index contributed by atoms with van der Waals surface area (Å²) in [5.41, 5.74) is 2.58. The lowest BCUT2D eigenvalue weighted by atomic mass is 10.1. The van der Waals surface area contributed by atoms with Gasteiger partial charge >= 0.3 is 5.97 Å². The highest BCUT2D eigenvalue weighted by Gasteiger charge is 2.25. The quantitative estimate of drug-likeness (QED) is 0.704. The number of carbonyl (C=O) groups is 3. The Morgan fingerprint density at radius 2 is 1.83 bits per heavy atom. The zero-order chi connectivity index (χ0) is 20.6. The molecule has 6 nitrogen and oxygen atoms in total. The van der Waals surface area contributed by atoms with E-state index in [-0.39, 0.29) is 18.4 Å². The average Bonchev–Trinajstić information content (AvgIpc) is 2.74. The summed E-state index contributed by atoms with van der Waals surface area (Å²) in [5.74, 6) is -0.509. The van der Waals surface area contributed by atoms with Crippen molar-refractivity contribution in [2.75, 3.05) is 24.2 Å². The normalized spacial score (nSPS) is 13.6. The van der Waals surface area contributed by atoms with Gasteiger partial charge in [-0.1, -0.05) is 37.3 Å². The number of nitrogens with one attached hydrogen (secondary N) is 1. The maximum absolute atomic E-state index is 12.5. The second kappa shape index (κ2) is 9.93. The van der Waals surface area contributed by atoms with Crippen molar-refractivity contribution >= 4 is 40.9 Å². The van der Waals surface area contributed by atoms with Crippen LogP contribution in [0, 0.1) is 0 Å². The second-order valence-electron chi connectivity index (χ2n) is 6.42. The molecule has 1 aliphatic heterocycles. The monoisotopic (exact) mass is 410 g/mol. The van der Waals surface area contributed by atoms with Gasteiger partial charge in [0.2, 0.25) is 11.8 Å². The molecule has 150 valence electrons. The van der Waals surface area contributed by atoms with E-state index in [0.717, 1.165) is 17.7 Å². The van der Waals surface area contributed by atoms with Crippen LogP contribution in [-0.4, -0.2) is 41.6 Å². The topological polar surface area (TPSA) is 75.7 Å². The molecule has 2 amide bonds. The molecule has 1 heterocycles. The smallest absolute Gasteiger partial charge is 0.338 e. The summed E-state index contributed by atoms with van der Waals surface area (Å²) in [6.45, 7) is 2.22. The SMILES string of the molecule is CCCOC(=O)c1ccc(NC(=O)CN2C(=O)CSC=C2c2ccccc2)cc1. The average molecular weight is 410 g/mol. The number of hydrogen-bond acceptors (Lipinski definition) is 5. The summed E-state index contributed by atoms with van der Waals surface area (Å²) < 4.78 is 5.09. The predicted molar refractivity (Wildman–Crippen MR) is 114 cm³/mol. The molecule has 2 aromatic rings. The number of thioether (sulfide) groups is 1. The number of hydrogen-bond donors (Lipinski definition) is 1. The first-order valence-electron chi connectivity index (χ1n) is 9.33. The van der Waals surface area contributed by atoms with Gasteiger partial charge in [0.1, 0.15) is 6.54 Å². The summed E-state index contributed by atoms with van der Waals surface area (Å²) in [6, 6.07) is 16.0. The van der Waals surface area contributed by atoms with Crippen molar-refractivity contribution in [2.24, 2.45) is 0 Å². The number of esters is 1. The molecule has 0 spiro atoms. The summed E-state index contributed by atoms with van der Waals surface area (Å²) >= 11 is 1.42. The van der Waals surface area contributed by atoms with Gasteiger partial charge in [0.15, 0.2) is 0 Å². The van der Waals surface area contributed by atoms with E-state index in [9.17, 15) is 14.4 Å². The molecule has 1 aliphatic rings. The Morgan fingerprint density at radius 1 is 1.10 bits per heavy atom. The zero-order valence-electron chi connectivity index (χ0n) is 16.1. The molecule has 0 saturated carbocycles. The van der Waals surface area contributed by atoms with Crippen molar-refractivity contribution < 1.29 is 19.1 Å². The van der Waals surface area contributed by atoms with E-state index in [0.29, 0.717) is 23.6 Å². The molecule has 0 bridgehead atoms. The molecule has 3 rings (SSSR count). The molecule has 0 unspecified atom stereocenters. The third-order valence-corrected chi connectivity index (χ3v) is 5.01. The number of nitrogens with zero attached hydrogens (tertiary/aromatic N) is 1. The van der Waals surface area contributed by atoms with E-state index in [1.165, 1.54) is 16.7 Å². The van der Waals surface area contributed by atoms with Crippen LogP contribution in [-0.2, 0) is 14.3 Å². The van der Waals surface area contributed by atoms with Gasteiger partial charge in [-0.3, -0.25) is 9.59 Å². The van der Waals surface area contributed by atoms with Crippen LogP contribution in [0.3, 0.4) is 0 Å². The van der Waals surface area contributed by atoms with Crippen LogP contribution in [0.2, 0.25) is 0 Å². The summed E-state index contributed by atoms with van der Waals surface area (Å²) in [6.07, 6.45) is 0.757. The summed E-state index contributed by atoms with van der Waals surface area (Å²) in [4.78, 5) is 38.3. The van der Waals surface area contributed by atoms with Gasteiger partial charge in [0, 0.05) is 5.69 Å². The third kappa shape index (κ3) is 5.48. The Kier molecular flexibility index (Phi) is 7.08. The minimum Gasteiger partial charge on any atom is -0.462 e. The lowest BCUT2D eigenvalue weighted by molar-refractivity contribution is -0.129. The van der Waals surface area contributed by atoms with Gasteiger partial charge in [0.25, 0.3) is 0 Å².